The number of carbonyl (C=O) groups excluding carboxylic acids is 2. The van der Waals surface area contributed by atoms with Gasteiger partial charge >= 0.3 is 0 Å². The number of anilines is 1. The van der Waals surface area contributed by atoms with Gasteiger partial charge in [0.25, 0.3) is 5.91 Å². The summed E-state index contributed by atoms with van der Waals surface area (Å²) >= 11 is 0. The van der Waals surface area contributed by atoms with Crippen LogP contribution in [0.15, 0.2) is 79.6 Å². The number of benzene rings is 2. The number of carbonyl (C=O) groups is 2. The van der Waals surface area contributed by atoms with E-state index in [0.717, 1.165) is 28.1 Å². The Morgan fingerprint density at radius 2 is 1.92 bits per heavy atom. The molecule has 8 nitrogen and oxygen atoms in total. The molecule has 5 aromatic rings. The number of hydrogen-bond donors (Lipinski definition) is 2. The van der Waals surface area contributed by atoms with E-state index >= 15 is 0 Å². The van der Waals surface area contributed by atoms with Gasteiger partial charge in [-0.1, -0.05) is 24.8 Å². The average molecular weight is 483 g/mol. The molecule has 5 rings (SSSR count). The second kappa shape index (κ2) is 9.10. The molecule has 0 radical (unpaired) electrons. The summed E-state index contributed by atoms with van der Waals surface area (Å²) in [6, 6.07) is 15.5. The largest absolute Gasteiger partial charge is 0.350 e. The van der Waals surface area contributed by atoms with E-state index in [9.17, 15) is 14.0 Å². The molecule has 0 saturated carbocycles. The Labute approximate surface area is 206 Å². The molecule has 180 valence electrons. The summed E-state index contributed by atoms with van der Waals surface area (Å²) in [5.74, 6) is -0.798. The van der Waals surface area contributed by atoms with Crippen LogP contribution in [0.25, 0.3) is 27.7 Å². The number of rotatable bonds is 6. The van der Waals surface area contributed by atoms with Gasteiger partial charge in [-0.05, 0) is 66.1 Å². The molecule has 0 aliphatic heterocycles. The number of nitrogens with one attached hydrogen (secondary N) is 2. The van der Waals surface area contributed by atoms with Crippen molar-refractivity contribution in [1.29, 1.82) is 0 Å². The molecule has 36 heavy (non-hydrogen) atoms. The zero-order chi connectivity index (χ0) is 25.4. The van der Waals surface area contributed by atoms with Crippen LogP contribution in [0.2, 0.25) is 0 Å². The molecule has 0 aliphatic carbocycles. The Hall–Kier alpha value is -4.79. The summed E-state index contributed by atoms with van der Waals surface area (Å²) in [6.45, 7) is 5.25. The number of fused-ring (bicyclic) bond motifs is 2. The summed E-state index contributed by atoms with van der Waals surface area (Å²) < 4.78 is 17.1. The fraction of sp³-hybridized carbons (Fsp3) is 0.111. The molecule has 0 aliphatic rings. The lowest BCUT2D eigenvalue weighted by Crippen LogP contribution is -2.26. The summed E-state index contributed by atoms with van der Waals surface area (Å²) in [5.41, 5.74) is 4.44. The van der Waals surface area contributed by atoms with Crippen LogP contribution in [-0.2, 0) is 11.8 Å². The predicted octanol–water partition coefficient (Wildman–Crippen LogP) is 4.64. The number of amides is 2. The molecule has 3 aromatic heterocycles. The first-order valence-electron chi connectivity index (χ1n) is 11.3. The quantitative estimate of drug-likeness (QED) is 0.345. The number of hydrogen-bond acceptors (Lipinski definition) is 4. The number of aromatic nitrogens is 4. The van der Waals surface area contributed by atoms with Crippen LogP contribution >= 0.6 is 0 Å². The fourth-order valence-electron chi connectivity index (χ4n) is 4.16. The highest BCUT2D eigenvalue weighted by atomic mass is 19.1. The van der Waals surface area contributed by atoms with Crippen LogP contribution in [-0.4, -0.2) is 31.0 Å². The smallest absolute Gasteiger partial charge is 0.253 e. The molecular weight excluding hydrogens is 459 g/mol. The van der Waals surface area contributed by atoms with Crippen LogP contribution in [0.5, 0.6) is 0 Å². The second-order valence-corrected chi connectivity index (χ2v) is 8.48. The number of pyridine rings is 1. The van der Waals surface area contributed by atoms with Crippen molar-refractivity contribution < 1.29 is 14.0 Å². The molecule has 1 atom stereocenters. The second-order valence-electron chi connectivity index (χ2n) is 8.48. The predicted molar refractivity (Wildman–Crippen MR) is 136 cm³/mol. The third-order valence-corrected chi connectivity index (χ3v) is 6.02. The number of aryl methyl sites for hydroxylation is 1. The maximum Gasteiger partial charge on any atom is 0.253 e. The lowest BCUT2D eigenvalue weighted by Gasteiger charge is -2.14. The van der Waals surface area contributed by atoms with E-state index in [-0.39, 0.29) is 23.7 Å². The molecule has 0 spiro atoms. The maximum absolute atomic E-state index is 13.6. The summed E-state index contributed by atoms with van der Waals surface area (Å²) in [7, 11) is 1.89. The molecule has 3 heterocycles. The molecule has 9 heteroatoms. The molecule has 2 N–H and O–H groups in total. The van der Waals surface area contributed by atoms with Gasteiger partial charge in [-0.15, -0.1) is 5.10 Å². The first-order chi connectivity index (χ1) is 17.3. The van der Waals surface area contributed by atoms with Crippen molar-refractivity contribution in [3.05, 3.63) is 96.6 Å². The number of nitrogens with zero attached hydrogens (tertiary/aromatic N) is 4. The van der Waals surface area contributed by atoms with Crippen LogP contribution in [0, 0.1) is 5.82 Å². The van der Waals surface area contributed by atoms with E-state index in [1.54, 1.807) is 29.0 Å². The fourth-order valence-corrected chi connectivity index (χ4v) is 4.16. The summed E-state index contributed by atoms with van der Waals surface area (Å²) in [6.07, 6.45) is 4.70. The lowest BCUT2D eigenvalue weighted by atomic mass is 10.0. The SMILES string of the molecule is C=CC(=O)Nc1nc2cc(-c3ccc4c(c3)c(C(=O)N[C@@H](C)c3cccc(F)c3)cn4C)ccn2n1. The van der Waals surface area contributed by atoms with E-state index in [2.05, 4.69) is 27.3 Å². The van der Waals surface area contributed by atoms with Crippen LogP contribution in [0.3, 0.4) is 0 Å². The van der Waals surface area contributed by atoms with Crippen LogP contribution < -0.4 is 10.6 Å². The van der Waals surface area contributed by atoms with Gasteiger partial charge < -0.3 is 9.88 Å². The minimum absolute atomic E-state index is 0.182. The highest BCUT2D eigenvalue weighted by Gasteiger charge is 2.18. The first kappa shape index (κ1) is 23.0. The lowest BCUT2D eigenvalue weighted by molar-refractivity contribution is -0.111. The molecule has 0 fully saturated rings. The molecular formula is C27H23FN6O2. The minimum Gasteiger partial charge on any atom is -0.350 e. The van der Waals surface area contributed by atoms with Crippen LogP contribution in [0.4, 0.5) is 10.3 Å². The van der Waals surface area contributed by atoms with Crippen LogP contribution in [0.1, 0.15) is 28.9 Å². The van der Waals surface area contributed by atoms with Gasteiger partial charge in [-0.25, -0.2) is 8.91 Å². The average Bonchev–Trinajstić information content (AvgIpc) is 3.43. The van der Waals surface area contributed by atoms with Gasteiger partial charge in [-0.2, -0.15) is 4.98 Å². The van der Waals surface area contributed by atoms with Crippen molar-refractivity contribution in [2.75, 3.05) is 5.32 Å². The zero-order valence-electron chi connectivity index (χ0n) is 19.7. The molecule has 0 bridgehead atoms. The van der Waals surface area contributed by atoms with Crippen molar-refractivity contribution in [2.45, 2.75) is 13.0 Å². The van der Waals surface area contributed by atoms with E-state index in [4.69, 9.17) is 0 Å². The van der Waals surface area contributed by atoms with Gasteiger partial charge in [-0.3, -0.25) is 14.9 Å². The molecule has 0 unspecified atom stereocenters. The Kier molecular flexibility index (Phi) is 5.81. The molecule has 2 amide bonds. The van der Waals surface area contributed by atoms with Gasteiger partial charge in [0, 0.05) is 30.3 Å². The number of halogens is 1. The van der Waals surface area contributed by atoms with Gasteiger partial charge in [0.1, 0.15) is 5.82 Å². The minimum atomic E-state index is -0.391. The maximum atomic E-state index is 13.6. The topological polar surface area (TPSA) is 93.3 Å². The zero-order valence-corrected chi connectivity index (χ0v) is 19.7. The highest BCUT2D eigenvalue weighted by Crippen LogP contribution is 2.29. The van der Waals surface area contributed by atoms with Crippen molar-refractivity contribution in [3.63, 3.8) is 0 Å². The van der Waals surface area contributed by atoms with E-state index in [1.807, 2.05) is 48.9 Å². The third-order valence-electron chi connectivity index (χ3n) is 6.02. The Morgan fingerprint density at radius 1 is 1.11 bits per heavy atom. The highest BCUT2D eigenvalue weighted by molar-refractivity contribution is 6.08. The van der Waals surface area contributed by atoms with E-state index in [1.165, 1.54) is 12.1 Å². The van der Waals surface area contributed by atoms with Crippen molar-refractivity contribution >= 4 is 34.3 Å². The monoisotopic (exact) mass is 482 g/mol. The summed E-state index contributed by atoms with van der Waals surface area (Å²) in [4.78, 5) is 29.1. The van der Waals surface area contributed by atoms with Crippen molar-refractivity contribution in [2.24, 2.45) is 7.05 Å². The van der Waals surface area contributed by atoms with Gasteiger partial charge in [0.05, 0.1) is 11.6 Å². The van der Waals surface area contributed by atoms with Gasteiger partial charge in [0.2, 0.25) is 11.9 Å². The first-order valence-corrected chi connectivity index (χ1v) is 11.3. The van der Waals surface area contributed by atoms with Gasteiger partial charge in [0.15, 0.2) is 5.65 Å². The standard InChI is InChI=1S/C27H23FN6O2/c1-4-25(35)31-27-30-24-14-19(10-11-34(24)32-27)18-8-9-23-21(13-18)22(15-33(23)3)26(36)29-16(2)17-6-5-7-20(28)12-17/h4-16H,1H2,2-3H3,(H,29,36)(H,31,32,35)/t16-/m0/s1. The normalized spacial score (nSPS) is 12.0. The Bertz CT molecular complexity index is 1650. The van der Waals surface area contributed by atoms with E-state index < -0.39 is 5.91 Å². The van der Waals surface area contributed by atoms with Crippen molar-refractivity contribution in [3.8, 4) is 11.1 Å². The molecule has 2 aromatic carbocycles. The van der Waals surface area contributed by atoms with Crippen molar-refractivity contribution in [1.82, 2.24) is 24.5 Å². The third kappa shape index (κ3) is 4.34. The van der Waals surface area contributed by atoms with E-state index in [0.29, 0.717) is 16.8 Å². The Balaban J connectivity index is 1.47. The Morgan fingerprint density at radius 3 is 2.69 bits per heavy atom. The summed E-state index contributed by atoms with van der Waals surface area (Å²) in [5, 5.41) is 10.5. The molecule has 0 saturated heterocycles.